The molecule has 0 fully saturated rings. The lowest BCUT2D eigenvalue weighted by molar-refractivity contribution is 0.104. The number of carbonyl (C=O) groups is 1. The van der Waals surface area contributed by atoms with E-state index in [1.54, 1.807) is 18.2 Å². The maximum Gasteiger partial charge on any atom is 0.185 e. The summed E-state index contributed by atoms with van der Waals surface area (Å²) in [6, 6.07) is 10.3. The summed E-state index contributed by atoms with van der Waals surface area (Å²) in [6.45, 7) is 1.07. The standard InChI is InChI=1S/C19H17ClO4/c20-8-7-15-12-14(3-5-17(15)22)16(21)4-1-13-2-6-18-19(11-13)24-10-9-23-18/h1-6,11-12,22H,7-10H2/b4-1+. The van der Waals surface area contributed by atoms with Crippen LogP contribution in [0.4, 0.5) is 0 Å². The molecule has 0 aromatic heterocycles. The number of alkyl halides is 1. The third-order valence-corrected chi connectivity index (χ3v) is 3.91. The SMILES string of the molecule is O=C(/C=C/c1ccc2c(c1)OCCO2)c1ccc(O)c(CCCl)c1. The smallest absolute Gasteiger partial charge is 0.185 e. The molecule has 24 heavy (non-hydrogen) atoms. The van der Waals surface area contributed by atoms with Gasteiger partial charge in [-0.15, -0.1) is 11.6 Å². The van der Waals surface area contributed by atoms with Crippen molar-refractivity contribution in [3.63, 3.8) is 0 Å². The fraction of sp³-hybridized carbons (Fsp3) is 0.211. The van der Waals surface area contributed by atoms with Crippen molar-refractivity contribution in [1.29, 1.82) is 0 Å². The van der Waals surface area contributed by atoms with Crippen LogP contribution in [0.3, 0.4) is 0 Å². The molecular weight excluding hydrogens is 328 g/mol. The van der Waals surface area contributed by atoms with Crippen LogP contribution in [-0.4, -0.2) is 30.0 Å². The fourth-order valence-corrected chi connectivity index (χ4v) is 2.68. The van der Waals surface area contributed by atoms with Gasteiger partial charge in [-0.05, 0) is 54.0 Å². The first-order chi connectivity index (χ1) is 11.7. The Bertz CT molecular complexity index is 783. The lowest BCUT2D eigenvalue weighted by Gasteiger charge is -2.18. The van der Waals surface area contributed by atoms with Gasteiger partial charge in [0, 0.05) is 11.4 Å². The lowest BCUT2D eigenvalue weighted by Crippen LogP contribution is -2.15. The number of aryl methyl sites for hydroxylation is 1. The summed E-state index contributed by atoms with van der Waals surface area (Å²) in [6.07, 6.45) is 3.75. The van der Waals surface area contributed by atoms with Crippen molar-refractivity contribution in [2.75, 3.05) is 19.1 Å². The highest BCUT2D eigenvalue weighted by Gasteiger charge is 2.11. The van der Waals surface area contributed by atoms with Crippen molar-refractivity contribution < 1.29 is 19.4 Å². The molecule has 1 aliphatic rings. The molecule has 124 valence electrons. The number of phenols is 1. The molecule has 0 atom stereocenters. The zero-order valence-electron chi connectivity index (χ0n) is 13.0. The number of fused-ring (bicyclic) bond motifs is 1. The molecule has 1 N–H and O–H groups in total. The van der Waals surface area contributed by atoms with Crippen LogP contribution in [0.1, 0.15) is 21.5 Å². The normalized spacial score (nSPS) is 13.2. The van der Waals surface area contributed by atoms with Gasteiger partial charge >= 0.3 is 0 Å². The largest absolute Gasteiger partial charge is 0.508 e. The van der Waals surface area contributed by atoms with Crippen LogP contribution in [0.15, 0.2) is 42.5 Å². The molecule has 0 radical (unpaired) electrons. The summed E-state index contributed by atoms with van der Waals surface area (Å²) in [5, 5.41) is 9.75. The third kappa shape index (κ3) is 3.71. The number of allylic oxidation sites excluding steroid dienone is 1. The second-order valence-electron chi connectivity index (χ2n) is 5.38. The number of hydrogen-bond donors (Lipinski definition) is 1. The van der Waals surface area contributed by atoms with Gasteiger partial charge in [-0.1, -0.05) is 12.1 Å². The molecule has 1 aliphatic heterocycles. The maximum atomic E-state index is 12.3. The number of ketones is 1. The number of hydrogen-bond acceptors (Lipinski definition) is 4. The quantitative estimate of drug-likeness (QED) is 0.508. The second kappa shape index (κ2) is 7.41. The molecule has 0 bridgehead atoms. The van der Waals surface area contributed by atoms with E-state index in [4.69, 9.17) is 21.1 Å². The zero-order chi connectivity index (χ0) is 16.9. The minimum absolute atomic E-state index is 0.138. The van der Waals surface area contributed by atoms with Gasteiger partial charge < -0.3 is 14.6 Å². The van der Waals surface area contributed by atoms with E-state index in [1.165, 1.54) is 12.1 Å². The highest BCUT2D eigenvalue weighted by Crippen LogP contribution is 2.31. The second-order valence-corrected chi connectivity index (χ2v) is 5.76. The van der Waals surface area contributed by atoms with Gasteiger partial charge in [0.25, 0.3) is 0 Å². The molecule has 0 saturated carbocycles. The van der Waals surface area contributed by atoms with E-state index >= 15 is 0 Å². The monoisotopic (exact) mass is 344 g/mol. The maximum absolute atomic E-state index is 12.3. The number of carbonyl (C=O) groups excluding carboxylic acids is 1. The van der Waals surface area contributed by atoms with Gasteiger partial charge in [-0.25, -0.2) is 0 Å². The summed E-state index contributed by atoms with van der Waals surface area (Å²) in [7, 11) is 0. The fourth-order valence-electron chi connectivity index (χ4n) is 2.47. The Kier molecular flexibility index (Phi) is 5.06. The van der Waals surface area contributed by atoms with E-state index in [2.05, 4.69) is 0 Å². The lowest BCUT2D eigenvalue weighted by atomic mass is 10.0. The van der Waals surface area contributed by atoms with Crippen molar-refractivity contribution in [1.82, 2.24) is 0 Å². The summed E-state index contributed by atoms with van der Waals surface area (Å²) in [5.74, 6) is 1.81. The summed E-state index contributed by atoms with van der Waals surface area (Å²) in [4.78, 5) is 12.3. The van der Waals surface area contributed by atoms with Gasteiger partial charge in [0.1, 0.15) is 19.0 Å². The van der Waals surface area contributed by atoms with Crippen LogP contribution in [0.25, 0.3) is 6.08 Å². The van der Waals surface area contributed by atoms with E-state index in [0.29, 0.717) is 48.1 Å². The molecule has 1 heterocycles. The summed E-state index contributed by atoms with van der Waals surface area (Å²) < 4.78 is 11.0. The van der Waals surface area contributed by atoms with Gasteiger partial charge in [-0.2, -0.15) is 0 Å². The molecule has 0 saturated heterocycles. The van der Waals surface area contributed by atoms with Gasteiger partial charge in [0.05, 0.1) is 0 Å². The highest BCUT2D eigenvalue weighted by atomic mass is 35.5. The van der Waals surface area contributed by atoms with Crippen LogP contribution < -0.4 is 9.47 Å². The molecule has 0 amide bonds. The van der Waals surface area contributed by atoms with Crippen LogP contribution in [0.2, 0.25) is 0 Å². The van der Waals surface area contributed by atoms with Crippen molar-refractivity contribution in [2.45, 2.75) is 6.42 Å². The Hall–Kier alpha value is -2.46. The minimum atomic E-state index is -0.138. The Morgan fingerprint density at radius 3 is 2.71 bits per heavy atom. The summed E-state index contributed by atoms with van der Waals surface area (Å²) >= 11 is 5.71. The molecule has 3 rings (SSSR count). The third-order valence-electron chi connectivity index (χ3n) is 3.72. The van der Waals surface area contributed by atoms with Crippen LogP contribution in [0.5, 0.6) is 17.2 Å². The van der Waals surface area contributed by atoms with Crippen molar-refractivity contribution in [3.8, 4) is 17.2 Å². The number of phenolic OH excluding ortho intramolecular Hbond substituents is 1. The first-order valence-electron chi connectivity index (χ1n) is 7.67. The molecule has 0 unspecified atom stereocenters. The first kappa shape index (κ1) is 16.4. The zero-order valence-corrected chi connectivity index (χ0v) is 13.8. The molecule has 2 aromatic carbocycles. The molecular formula is C19H17ClO4. The van der Waals surface area contributed by atoms with E-state index in [1.807, 2.05) is 18.2 Å². The number of aromatic hydroxyl groups is 1. The topological polar surface area (TPSA) is 55.8 Å². The van der Waals surface area contributed by atoms with Crippen LogP contribution in [-0.2, 0) is 6.42 Å². The van der Waals surface area contributed by atoms with E-state index in [0.717, 1.165) is 5.56 Å². The highest BCUT2D eigenvalue weighted by molar-refractivity contribution is 6.18. The Morgan fingerprint density at radius 1 is 1.12 bits per heavy atom. The average Bonchev–Trinajstić information content (AvgIpc) is 2.61. The first-order valence-corrected chi connectivity index (χ1v) is 8.21. The van der Waals surface area contributed by atoms with Crippen molar-refractivity contribution in [3.05, 3.63) is 59.2 Å². The average molecular weight is 345 g/mol. The number of halogens is 1. The number of ether oxygens (including phenoxy) is 2. The van der Waals surface area contributed by atoms with E-state index in [-0.39, 0.29) is 11.5 Å². The van der Waals surface area contributed by atoms with Crippen molar-refractivity contribution >= 4 is 23.5 Å². The molecule has 2 aromatic rings. The van der Waals surface area contributed by atoms with E-state index < -0.39 is 0 Å². The van der Waals surface area contributed by atoms with Gasteiger partial charge in [0.15, 0.2) is 17.3 Å². The predicted octanol–water partition coefficient (Wildman–Crippen LogP) is 3.84. The molecule has 4 nitrogen and oxygen atoms in total. The predicted molar refractivity (Wildman–Crippen MR) is 93.3 cm³/mol. The molecule has 0 aliphatic carbocycles. The van der Waals surface area contributed by atoms with Crippen LogP contribution in [0, 0.1) is 0 Å². The van der Waals surface area contributed by atoms with E-state index in [9.17, 15) is 9.90 Å². The minimum Gasteiger partial charge on any atom is -0.508 e. The van der Waals surface area contributed by atoms with Crippen LogP contribution >= 0.6 is 11.6 Å². The summed E-state index contributed by atoms with van der Waals surface area (Å²) in [5.41, 5.74) is 2.04. The number of benzene rings is 2. The van der Waals surface area contributed by atoms with Crippen molar-refractivity contribution in [2.24, 2.45) is 0 Å². The number of rotatable bonds is 5. The molecule has 5 heteroatoms. The van der Waals surface area contributed by atoms with Gasteiger partial charge in [-0.3, -0.25) is 4.79 Å². The Labute approximate surface area is 145 Å². The Morgan fingerprint density at radius 2 is 1.92 bits per heavy atom. The van der Waals surface area contributed by atoms with Gasteiger partial charge in [0.2, 0.25) is 0 Å². The Balaban J connectivity index is 1.77. The molecule has 0 spiro atoms.